The number of amides is 1. The van der Waals surface area contributed by atoms with E-state index in [9.17, 15) is 23.3 Å². The van der Waals surface area contributed by atoms with Gasteiger partial charge in [0.1, 0.15) is 4.90 Å². The van der Waals surface area contributed by atoms with Crippen LogP contribution >= 0.6 is 0 Å². The zero-order valence-corrected chi connectivity index (χ0v) is 12.2. The number of nitro groups is 1. The van der Waals surface area contributed by atoms with Crippen LogP contribution in [0.25, 0.3) is 0 Å². The van der Waals surface area contributed by atoms with Crippen LogP contribution in [-0.4, -0.2) is 31.2 Å². The van der Waals surface area contributed by atoms with E-state index in [-0.39, 0.29) is 10.5 Å². The highest BCUT2D eigenvalue weighted by Crippen LogP contribution is 2.36. The van der Waals surface area contributed by atoms with E-state index in [0.717, 1.165) is 12.5 Å². The Labute approximate surface area is 121 Å². The first kappa shape index (κ1) is 15.3. The van der Waals surface area contributed by atoms with Crippen LogP contribution in [0.1, 0.15) is 35.2 Å². The third-order valence-corrected chi connectivity index (χ3v) is 5.96. The number of hydrogen-bond donors (Lipinski definition) is 0. The largest absolute Gasteiger partial charge is 0.288 e. The van der Waals surface area contributed by atoms with E-state index in [1.54, 1.807) is 0 Å². The molecule has 1 aliphatic carbocycles. The van der Waals surface area contributed by atoms with E-state index in [1.165, 1.54) is 13.0 Å². The fourth-order valence-corrected chi connectivity index (χ4v) is 4.30. The molecule has 0 aromatic heterocycles. The van der Waals surface area contributed by atoms with E-state index in [2.05, 4.69) is 11.7 Å². The van der Waals surface area contributed by atoms with Crippen molar-refractivity contribution < 1.29 is 18.1 Å². The summed E-state index contributed by atoms with van der Waals surface area (Å²) in [6, 6.07) is 2.15. The first-order chi connectivity index (χ1) is 9.78. The van der Waals surface area contributed by atoms with Gasteiger partial charge in [0, 0.05) is 6.07 Å². The number of benzene rings is 1. The molecule has 0 radical (unpaired) electrons. The monoisotopic (exact) mass is 310 g/mol. The van der Waals surface area contributed by atoms with Crippen molar-refractivity contribution in [3.05, 3.63) is 33.4 Å². The molecule has 0 atom stereocenters. The highest BCUT2D eigenvalue weighted by molar-refractivity contribution is 7.92. The molecule has 1 saturated carbocycles. The molecule has 1 aromatic carbocycles. The molecule has 0 spiro atoms. The molecule has 8 heteroatoms. The summed E-state index contributed by atoms with van der Waals surface area (Å²) in [5.74, 6) is -0.719. The maximum atomic E-state index is 12.4. The SMILES string of the molecule is C=NC(=O)c1cc([N+](=O)[O-])c(S(=O)(=O)C2CCC2)cc1C. The molecule has 0 bridgehead atoms. The highest BCUT2D eigenvalue weighted by Gasteiger charge is 2.37. The van der Waals surface area contributed by atoms with Crippen molar-refractivity contribution >= 4 is 28.1 Å². The van der Waals surface area contributed by atoms with Gasteiger partial charge < -0.3 is 0 Å². The predicted octanol–water partition coefficient (Wildman–Crippen LogP) is 2.07. The summed E-state index contributed by atoms with van der Waals surface area (Å²) >= 11 is 0. The van der Waals surface area contributed by atoms with Crippen molar-refractivity contribution in [1.29, 1.82) is 0 Å². The van der Waals surface area contributed by atoms with Crippen LogP contribution in [0.4, 0.5) is 5.69 Å². The van der Waals surface area contributed by atoms with Gasteiger partial charge in [-0.05, 0) is 38.1 Å². The quantitative estimate of drug-likeness (QED) is 0.480. The zero-order chi connectivity index (χ0) is 15.8. The van der Waals surface area contributed by atoms with Gasteiger partial charge in [0.15, 0.2) is 9.84 Å². The van der Waals surface area contributed by atoms with Crippen molar-refractivity contribution in [2.45, 2.75) is 36.3 Å². The minimum absolute atomic E-state index is 0.00994. The molecular weight excluding hydrogens is 296 g/mol. The van der Waals surface area contributed by atoms with Crippen molar-refractivity contribution in [2.75, 3.05) is 0 Å². The molecule has 0 saturated heterocycles. The van der Waals surface area contributed by atoms with Crippen LogP contribution in [0.3, 0.4) is 0 Å². The molecule has 0 aliphatic heterocycles. The summed E-state index contributed by atoms with van der Waals surface area (Å²) in [4.78, 5) is 24.8. The van der Waals surface area contributed by atoms with Crippen LogP contribution in [0, 0.1) is 17.0 Å². The van der Waals surface area contributed by atoms with Crippen LogP contribution in [-0.2, 0) is 9.84 Å². The molecular formula is C13H14N2O5S. The third-order valence-electron chi connectivity index (χ3n) is 3.67. The number of aryl methyl sites for hydroxylation is 1. The predicted molar refractivity (Wildman–Crippen MR) is 76.5 cm³/mol. The Balaban J connectivity index is 2.66. The number of nitrogens with zero attached hydrogens (tertiary/aromatic N) is 2. The van der Waals surface area contributed by atoms with Crippen LogP contribution < -0.4 is 0 Å². The fourth-order valence-electron chi connectivity index (χ4n) is 2.22. The summed E-state index contributed by atoms with van der Waals surface area (Å²) in [5.41, 5.74) is -0.264. The number of sulfone groups is 1. The van der Waals surface area contributed by atoms with Crippen molar-refractivity contribution in [3.63, 3.8) is 0 Å². The van der Waals surface area contributed by atoms with Crippen molar-refractivity contribution in [1.82, 2.24) is 0 Å². The van der Waals surface area contributed by atoms with Gasteiger partial charge in [0.2, 0.25) is 0 Å². The number of aliphatic imine (C=N–C) groups is 1. The van der Waals surface area contributed by atoms with Gasteiger partial charge in [0.25, 0.3) is 11.6 Å². The molecule has 1 fully saturated rings. The molecule has 2 rings (SSSR count). The summed E-state index contributed by atoms with van der Waals surface area (Å²) in [5, 5.41) is 10.6. The normalized spacial score (nSPS) is 15.3. The van der Waals surface area contributed by atoms with Gasteiger partial charge in [-0.15, -0.1) is 0 Å². The smallest absolute Gasteiger partial charge is 0.267 e. The Hall–Kier alpha value is -2.09. The minimum atomic E-state index is -3.75. The lowest BCUT2D eigenvalue weighted by atomic mass is 10.00. The number of nitro benzene ring substituents is 1. The van der Waals surface area contributed by atoms with Crippen molar-refractivity contribution in [3.8, 4) is 0 Å². The molecule has 112 valence electrons. The summed E-state index contributed by atoms with van der Waals surface area (Å²) in [6.07, 6.45) is 1.81. The first-order valence-corrected chi connectivity index (χ1v) is 7.87. The van der Waals surface area contributed by atoms with E-state index in [1.807, 2.05) is 0 Å². The second-order valence-electron chi connectivity index (χ2n) is 4.95. The van der Waals surface area contributed by atoms with Crippen LogP contribution in [0.2, 0.25) is 0 Å². The average Bonchev–Trinajstić information content (AvgIpc) is 2.34. The van der Waals surface area contributed by atoms with E-state index >= 15 is 0 Å². The van der Waals surface area contributed by atoms with E-state index < -0.39 is 31.6 Å². The lowest BCUT2D eigenvalue weighted by Gasteiger charge is -2.25. The Morgan fingerprint density at radius 2 is 2.05 bits per heavy atom. The van der Waals surface area contributed by atoms with Crippen LogP contribution in [0.5, 0.6) is 0 Å². The summed E-state index contributed by atoms with van der Waals surface area (Å²) in [6.45, 7) is 4.60. The highest BCUT2D eigenvalue weighted by atomic mass is 32.2. The first-order valence-electron chi connectivity index (χ1n) is 6.33. The third kappa shape index (κ3) is 2.58. The molecule has 7 nitrogen and oxygen atoms in total. The summed E-state index contributed by atoms with van der Waals surface area (Å²) in [7, 11) is -3.75. The van der Waals surface area contributed by atoms with Gasteiger partial charge in [-0.3, -0.25) is 14.9 Å². The molecule has 1 aromatic rings. The number of rotatable bonds is 4. The molecule has 0 unspecified atom stereocenters. The molecule has 21 heavy (non-hydrogen) atoms. The summed E-state index contributed by atoms with van der Waals surface area (Å²) < 4.78 is 24.8. The number of carbonyl (C=O) groups excluding carboxylic acids is 1. The maximum Gasteiger partial charge on any atom is 0.288 e. The van der Waals surface area contributed by atoms with Crippen LogP contribution in [0.15, 0.2) is 22.0 Å². The number of hydrogen-bond acceptors (Lipinski definition) is 5. The maximum absolute atomic E-state index is 12.4. The second-order valence-corrected chi connectivity index (χ2v) is 7.15. The Bertz CT molecular complexity index is 735. The molecule has 1 aliphatic rings. The van der Waals surface area contributed by atoms with Gasteiger partial charge in [-0.25, -0.2) is 13.4 Å². The van der Waals surface area contributed by atoms with Gasteiger partial charge in [0.05, 0.1) is 15.7 Å². The molecule has 0 heterocycles. The van der Waals surface area contributed by atoms with E-state index in [4.69, 9.17) is 0 Å². The second kappa shape index (κ2) is 5.36. The van der Waals surface area contributed by atoms with Gasteiger partial charge in [-0.2, -0.15) is 0 Å². The van der Waals surface area contributed by atoms with E-state index in [0.29, 0.717) is 18.4 Å². The number of carbonyl (C=O) groups is 1. The standard InChI is InChI=1S/C13H14N2O5S/c1-8-6-12(21(19,20)9-4-3-5-9)11(15(17)18)7-10(8)13(16)14-2/h6-7,9H,2-5H2,1H3. The van der Waals surface area contributed by atoms with Gasteiger partial charge in [-0.1, -0.05) is 6.42 Å². The zero-order valence-electron chi connectivity index (χ0n) is 11.4. The minimum Gasteiger partial charge on any atom is -0.267 e. The Morgan fingerprint density at radius 3 is 2.48 bits per heavy atom. The lowest BCUT2D eigenvalue weighted by Crippen LogP contribution is -2.29. The van der Waals surface area contributed by atoms with Gasteiger partial charge >= 0.3 is 0 Å². The molecule has 1 amide bonds. The van der Waals surface area contributed by atoms with Crippen molar-refractivity contribution in [2.24, 2.45) is 4.99 Å². The Kier molecular flexibility index (Phi) is 3.91. The Morgan fingerprint density at radius 1 is 1.43 bits per heavy atom. The average molecular weight is 310 g/mol. The topological polar surface area (TPSA) is 107 Å². The lowest BCUT2D eigenvalue weighted by molar-refractivity contribution is -0.387. The molecule has 0 N–H and O–H groups in total. The fraction of sp³-hybridized carbons (Fsp3) is 0.385.